The molecule has 2 N–H and O–H groups in total. The van der Waals surface area contributed by atoms with Gasteiger partial charge in [0.25, 0.3) is 0 Å². The van der Waals surface area contributed by atoms with Gasteiger partial charge in [-0.25, -0.2) is 0 Å². The first-order valence-corrected chi connectivity index (χ1v) is 5.43. The van der Waals surface area contributed by atoms with Crippen LogP contribution >= 0.6 is 0 Å². The van der Waals surface area contributed by atoms with E-state index in [9.17, 15) is 13.2 Å². The van der Waals surface area contributed by atoms with Gasteiger partial charge in [-0.3, -0.25) is 4.90 Å². The highest BCUT2D eigenvalue weighted by Crippen LogP contribution is 2.28. The first-order valence-electron chi connectivity index (χ1n) is 5.43. The summed E-state index contributed by atoms with van der Waals surface area (Å²) < 4.78 is 46.1. The topological polar surface area (TPSA) is 77.4 Å². The quantitative estimate of drug-likeness (QED) is 0.854. The van der Waals surface area contributed by atoms with Crippen LogP contribution in [0.25, 0.3) is 0 Å². The Balaban J connectivity index is 1.96. The van der Waals surface area contributed by atoms with E-state index < -0.39 is 18.1 Å². The van der Waals surface area contributed by atoms with Crippen molar-refractivity contribution in [3.05, 3.63) is 11.7 Å². The molecule has 1 atom stereocenters. The molecule has 0 spiro atoms. The lowest BCUT2D eigenvalue weighted by molar-refractivity contribution is -0.159. The lowest BCUT2D eigenvalue weighted by Gasteiger charge is -2.27. The van der Waals surface area contributed by atoms with Crippen molar-refractivity contribution in [2.45, 2.75) is 12.2 Å². The van der Waals surface area contributed by atoms with Crippen LogP contribution in [-0.4, -0.2) is 47.9 Å². The molecule has 102 valence electrons. The summed E-state index contributed by atoms with van der Waals surface area (Å²) in [6, 6.07) is -0.706. The molecule has 0 bridgehead atoms. The predicted octanol–water partition coefficient (Wildman–Crippen LogP) is 0.420. The Kier molecular flexibility index (Phi) is 3.83. The summed E-state index contributed by atoms with van der Waals surface area (Å²) in [7, 11) is 0. The van der Waals surface area contributed by atoms with E-state index in [4.69, 9.17) is 10.5 Å². The summed E-state index contributed by atoms with van der Waals surface area (Å²) in [5, 5.41) is 3.26. The first kappa shape index (κ1) is 13.2. The predicted molar refractivity (Wildman–Crippen MR) is 53.5 cm³/mol. The Bertz CT molecular complexity index is 389. The van der Waals surface area contributed by atoms with Crippen molar-refractivity contribution in [2.75, 3.05) is 32.8 Å². The molecule has 18 heavy (non-hydrogen) atoms. The summed E-state index contributed by atoms with van der Waals surface area (Å²) in [5.41, 5.74) is 5.75. The lowest BCUT2D eigenvalue weighted by Crippen LogP contribution is -2.40. The molecule has 2 heterocycles. The van der Waals surface area contributed by atoms with E-state index in [2.05, 4.69) is 14.7 Å². The van der Waals surface area contributed by atoms with Crippen molar-refractivity contribution in [3.63, 3.8) is 0 Å². The molecule has 0 aromatic carbocycles. The average Bonchev–Trinajstić information content (AvgIpc) is 2.79. The number of aromatic nitrogens is 2. The van der Waals surface area contributed by atoms with E-state index in [1.54, 1.807) is 0 Å². The Morgan fingerprint density at radius 2 is 2.00 bits per heavy atom. The van der Waals surface area contributed by atoms with Crippen LogP contribution in [0.4, 0.5) is 13.2 Å². The monoisotopic (exact) mass is 266 g/mol. The Labute approximate surface area is 101 Å². The summed E-state index contributed by atoms with van der Waals surface area (Å²) >= 11 is 0. The molecule has 0 radical (unpaired) electrons. The number of morpholine rings is 1. The van der Waals surface area contributed by atoms with E-state index in [0.717, 1.165) is 0 Å². The van der Waals surface area contributed by atoms with Gasteiger partial charge in [-0.05, 0) is 0 Å². The number of alkyl halides is 3. The third-order valence-corrected chi connectivity index (χ3v) is 2.57. The van der Waals surface area contributed by atoms with Gasteiger partial charge < -0.3 is 15.0 Å². The fraction of sp³-hybridized carbons (Fsp3) is 0.778. The minimum atomic E-state index is -4.63. The van der Waals surface area contributed by atoms with Gasteiger partial charge >= 0.3 is 12.1 Å². The van der Waals surface area contributed by atoms with E-state index in [1.807, 2.05) is 4.90 Å². The second-order valence-electron chi connectivity index (χ2n) is 3.97. The highest BCUT2D eigenvalue weighted by atomic mass is 19.4. The van der Waals surface area contributed by atoms with Gasteiger partial charge in [-0.15, -0.1) is 0 Å². The Morgan fingerprint density at radius 3 is 2.56 bits per heavy atom. The van der Waals surface area contributed by atoms with Gasteiger partial charge in [0.05, 0.1) is 19.3 Å². The van der Waals surface area contributed by atoms with Gasteiger partial charge in [-0.1, -0.05) is 5.16 Å². The molecule has 2 rings (SSSR count). The highest BCUT2D eigenvalue weighted by molar-refractivity contribution is 4.96. The largest absolute Gasteiger partial charge is 0.471 e. The normalized spacial score (nSPS) is 20.0. The van der Waals surface area contributed by atoms with Crippen molar-refractivity contribution >= 4 is 0 Å². The summed E-state index contributed by atoms with van der Waals surface area (Å²) in [6.07, 6.45) is -4.63. The molecule has 1 aliphatic rings. The number of hydrogen-bond donors (Lipinski definition) is 1. The second kappa shape index (κ2) is 5.21. The van der Waals surface area contributed by atoms with E-state index in [1.165, 1.54) is 0 Å². The lowest BCUT2D eigenvalue weighted by atomic mass is 10.2. The van der Waals surface area contributed by atoms with Crippen molar-refractivity contribution in [1.29, 1.82) is 0 Å². The molecular formula is C9H13F3N4O2. The number of hydrogen-bond acceptors (Lipinski definition) is 6. The highest BCUT2D eigenvalue weighted by Gasteiger charge is 2.39. The van der Waals surface area contributed by atoms with Gasteiger partial charge in [-0.2, -0.15) is 18.2 Å². The number of rotatable bonds is 3. The molecule has 1 saturated heterocycles. The van der Waals surface area contributed by atoms with Crippen LogP contribution < -0.4 is 5.73 Å². The smallest absolute Gasteiger partial charge is 0.379 e. The Hall–Kier alpha value is -1.19. The van der Waals surface area contributed by atoms with Crippen molar-refractivity contribution < 1.29 is 22.4 Å². The third kappa shape index (κ3) is 3.18. The fourth-order valence-corrected chi connectivity index (χ4v) is 1.64. The van der Waals surface area contributed by atoms with Crippen molar-refractivity contribution in [1.82, 2.24) is 15.0 Å². The number of ether oxygens (including phenoxy) is 1. The zero-order valence-corrected chi connectivity index (χ0v) is 9.48. The van der Waals surface area contributed by atoms with Gasteiger partial charge in [0.1, 0.15) is 0 Å². The average molecular weight is 266 g/mol. The summed E-state index contributed by atoms with van der Waals surface area (Å²) in [5.74, 6) is -1.50. The second-order valence-corrected chi connectivity index (χ2v) is 3.97. The SMILES string of the molecule is NC(CN1CCOCC1)c1noc(C(F)(F)F)n1. The van der Waals surface area contributed by atoms with Crippen LogP contribution in [0, 0.1) is 0 Å². The van der Waals surface area contributed by atoms with Crippen molar-refractivity contribution in [3.8, 4) is 0 Å². The van der Waals surface area contributed by atoms with Crippen LogP contribution in [0.3, 0.4) is 0 Å². The minimum absolute atomic E-state index is 0.131. The van der Waals surface area contributed by atoms with Gasteiger partial charge in [0, 0.05) is 19.6 Å². The number of nitrogens with two attached hydrogens (primary N) is 1. The molecule has 9 heteroatoms. The first-order chi connectivity index (χ1) is 8.47. The van der Waals surface area contributed by atoms with E-state index >= 15 is 0 Å². The molecule has 0 saturated carbocycles. The number of halogens is 3. The molecule has 1 aromatic heterocycles. The molecule has 1 aliphatic heterocycles. The molecule has 1 unspecified atom stereocenters. The minimum Gasteiger partial charge on any atom is -0.379 e. The van der Waals surface area contributed by atoms with E-state index in [-0.39, 0.29) is 5.82 Å². The molecule has 1 fully saturated rings. The zero-order valence-electron chi connectivity index (χ0n) is 9.48. The van der Waals surface area contributed by atoms with E-state index in [0.29, 0.717) is 32.8 Å². The Morgan fingerprint density at radius 1 is 1.33 bits per heavy atom. The van der Waals surface area contributed by atoms with Crippen molar-refractivity contribution in [2.24, 2.45) is 5.73 Å². The molecular weight excluding hydrogens is 253 g/mol. The molecule has 1 aromatic rings. The van der Waals surface area contributed by atoms with Crippen LogP contribution in [-0.2, 0) is 10.9 Å². The maximum absolute atomic E-state index is 12.3. The maximum atomic E-state index is 12.3. The molecule has 0 amide bonds. The van der Waals surface area contributed by atoms with Gasteiger partial charge in [0.15, 0.2) is 5.82 Å². The maximum Gasteiger partial charge on any atom is 0.471 e. The fourth-order valence-electron chi connectivity index (χ4n) is 1.64. The molecule has 0 aliphatic carbocycles. The standard InChI is InChI=1S/C9H13F3N4O2/c10-9(11,12)8-14-7(15-18-8)6(13)5-16-1-3-17-4-2-16/h6H,1-5,13H2. The summed E-state index contributed by atoms with van der Waals surface area (Å²) in [6.45, 7) is 2.94. The summed E-state index contributed by atoms with van der Waals surface area (Å²) in [4.78, 5) is 5.25. The molecule has 6 nitrogen and oxygen atoms in total. The third-order valence-electron chi connectivity index (χ3n) is 2.57. The van der Waals surface area contributed by atoms with Gasteiger partial charge in [0.2, 0.25) is 0 Å². The number of nitrogens with zero attached hydrogens (tertiary/aromatic N) is 3. The van der Waals surface area contributed by atoms with Crippen LogP contribution in [0.1, 0.15) is 17.8 Å². The zero-order chi connectivity index (χ0) is 13.2. The van der Waals surface area contributed by atoms with Crippen LogP contribution in [0.2, 0.25) is 0 Å². The van der Waals surface area contributed by atoms with Crippen LogP contribution in [0.15, 0.2) is 4.52 Å². The van der Waals surface area contributed by atoms with Crippen LogP contribution in [0.5, 0.6) is 0 Å².